The van der Waals surface area contributed by atoms with E-state index in [2.05, 4.69) is 49.8 Å². The quantitative estimate of drug-likeness (QED) is 0.790. The third kappa shape index (κ3) is 3.83. The topological polar surface area (TPSA) is 63.2 Å². The fourth-order valence-corrected chi connectivity index (χ4v) is 4.24. The number of nitrogens with zero attached hydrogens (tertiary/aromatic N) is 6. The lowest BCUT2D eigenvalue weighted by Crippen LogP contribution is -2.34. The van der Waals surface area contributed by atoms with E-state index in [0.29, 0.717) is 5.92 Å². The Morgan fingerprint density at radius 1 is 1.08 bits per heavy atom. The number of hydrogen-bond acceptors (Lipinski definition) is 6. The molecule has 4 rings (SSSR count). The van der Waals surface area contributed by atoms with Crippen LogP contribution in [0.25, 0.3) is 0 Å². The van der Waals surface area contributed by atoms with E-state index in [4.69, 9.17) is 4.52 Å². The van der Waals surface area contributed by atoms with Crippen molar-refractivity contribution in [3.8, 4) is 0 Å². The molecule has 0 unspecified atom stereocenters. The maximum absolute atomic E-state index is 5.47. The smallest absolute Gasteiger partial charge is 0.150 e. The zero-order valence-corrected chi connectivity index (χ0v) is 16.0. The molecule has 142 valence electrons. The molecule has 7 heteroatoms. The van der Waals surface area contributed by atoms with Gasteiger partial charge in [0.15, 0.2) is 5.76 Å². The predicted octanol–water partition coefficient (Wildman–Crippen LogP) is 2.34. The molecule has 0 aliphatic carbocycles. The molecule has 26 heavy (non-hydrogen) atoms. The molecule has 0 bridgehead atoms. The molecule has 2 aliphatic heterocycles. The lowest BCUT2D eigenvalue weighted by molar-refractivity contribution is 0.176. The molecule has 0 N–H and O–H groups in total. The zero-order valence-electron chi connectivity index (χ0n) is 16.0. The van der Waals surface area contributed by atoms with Crippen LogP contribution in [0.2, 0.25) is 0 Å². The van der Waals surface area contributed by atoms with Gasteiger partial charge in [-0.1, -0.05) is 12.1 Å². The van der Waals surface area contributed by atoms with Gasteiger partial charge in [0.05, 0.1) is 18.8 Å². The Hall–Kier alpha value is -1.73. The Morgan fingerprint density at radius 2 is 1.88 bits per heavy atom. The van der Waals surface area contributed by atoms with Crippen molar-refractivity contribution in [2.75, 3.05) is 26.2 Å². The van der Waals surface area contributed by atoms with Crippen LogP contribution >= 0.6 is 0 Å². The summed E-state index contributed by atoms with van der Waals surface area (Å²) in [6.45, 7) is 8.37. The molecular weight excluding hydrogens is 328 g/mol. The number of hydrogen-bond donors (Lipinski definition) is 0. The van der Waals surface area contributed by atoms with Gasteiger partial charge in [0.1, 0.15) is 11.6 Å². The molecule has 2 aromatic rings. The molecule has 1 atom stereocenters. The summed E-state index contributed by atoms with van der Waals surface area (Å²) in [5.41, 5.74) is 1.04. The largest absolute Gasteiger partial charge is 0.360 e. The van der Waals surface area contributed by atoms with Crippen LogP contribution in [0, 0.1) is 0 Å². The van der Waals surface area contributed by atoms with Gasteiger partial charge in [-0.05, 0) is 51.7 Å². The summed E-state index contributed by atoms with van der Waals surface area (Å²) in [6, 6.07) is 2.08. The van der Waals surface area contributed by atoms with Crippen LogP contribution < -0.4 is 0 Å². The first-order chi connectivity index (χ1) is 12.7. The van der Waals surface area contributed by atoms with Gasteiger partial charge in [-0.3, -0.25) is 9.80 Å². The Bertz CT molecular complexity index is 717. The highest BCUT2D eigenvalue weighted by atomic mass is 16.5. The number of piperidine rings is 1. The van der Waals surface area contributed by atoms with E-state index in [0.717, 1.165) is 55.7 Å². The maximum atomic E-state index is 5.47. The van der Waals surface area contributed by atoms with E-state index in [1.807, 2.05) is 0 Å². The van der Waals surface area contributed by atoms with E-state index >= 15 is 0 Å². The van der Waals surface area contributed by atoms with Gasteiger partial charge >= 0.3 is 0 Å². The SMILES string of the molecule is CCc1cc(CN2CCC[C@@H](c3nnc(CN4CCCC4)n3C)C2)on1. The van der Waals surface area contributed by atoms with Gasteiger partial charge in [0.2, 0.25) is 0 Å². The summed E-state index contributed by atoms with van der Waals surface area (Å²) < 4.78 is 7.70. The first-order valence-electron chi connectivity index (χ1n) is 10.00. The average Bonchev–Trinajstić information content (AvgIpc) is 3.39. The molecule has 7 nitrogen and oxygen atoms in total. The van der Waals surface area contributed by atoms with Gasteiger partial charge in [0, 0.05) is 25.6 Å². The van der Waals surface area contributed by atoms with E-state index < -0.39 is 0 Å². The van der Waals surface area contributed by atoms with Crippen molar-refractivity contribution in [2.24, 2.45) is 7.05 Å². The Morgan fingerprint density at radius 3 is 2.65 bits per heavy atom. The number of likely N-dealkylation sites (tertiary alicyclic amines) is 2. The Kier molecular flexibility index (Phi) is 5.36. The molecule has 0 saturated carbocycles. The third-order valence-corrected chi connectivity index (χ3v) is 5.78. The molecule has 2 fully saturated rings. The zero-order chi connectivity index (χ0) is 17.9. The van der Waals surface area contributed by atoms with Crippen molar-refractivity contribution in [2.45, 2.75) is 58.0 Å². The highest BCUT2D eigenvalue weighted by Gasteiger charge is 2.27. The summed E-state index contributed by atoms with van der Waals surface area (Å²) in [6.07, 6.45) is 5.91. The summed E-state index contributed by atoms with van der Waals surface area (Å²) in [5.74, 6) is 3.65. The van der Waals surface area contributed by atoms with Crippen LogP contribution in [0.5, 0.6) is 0 Å². The van der Waals surface area contributed by atoms with Crippen molar-refractivity contribution in [1.29, 1.82) is 0 Å². The molecule has 2 saturated heterocycles. The number of aryl methyl sites for hydroxylation is 1. The molecule has 0 aromatic carbocycles. The van der Waals surface area contributed by atoms with Crippen molar-refractivity contribution < 1.29 is 4.52 Å². The fourth-order valence-electron chi connectivity index (χ4n) is 4.24. The first kappa shape index (κ1) is 17.7. The minimum atomic E-state index is 0.446. The van der Waals surface area contributed by atoms with Crippen molar-refractivity contribution in [3.63, 3.8) is 0 Å². The minimum absolute atomic E-state index is 0.446. The molecular formula is C19H30N6O. The molecule has 0 spiro atoms. The highest BCUT2D eigenvalue weighted by molar-refractivity contribution is 5.07. The van der Waals surface area contributed by atoms with E-state index in [-0.39, 0.29) is 0 Å². The van der Waals surface area contributed by atoms with Gasteiger partial charge < -0.3 is 9.09 Å². The lowest BCUT2D eigenvalue weighted by atomic mass is 9.97. The average molecular weight is 358 g/mol. The molecule has 0 amide bonds. The second-order valence-electron chi connectivity index (χ2n) is 7.73. The van der Waals surface area contributed by atoms with Gasteiger partial charge in [-0.2, -0.15) is 0 Å². The molecule has 0 radical (unpaired) electrons. The Balaban J connectivity index is 1.40. The lowest BCUT2D eigenvalue weighted by Gasteiger charge is -2.31. The second kappa shape index (κ2) is 7.88. The van der Waals surface area contributed by atoms with Crippen LogP contribution in [-0.2, 0) is 26.6 Å². The van der Waals surface area contributed by atoms with Gasteiger partial charge in [0.25, 0.3) is 0 Å². The van der Waals surface area contributed by atoms with Crippen molar-refractivity contribution in [3.05, 3.63) is 29.2 Å². The molecule has 2 aliphatic rings. The number of rotatable bonds is 6. The first-order valence-corrected chi connectivity index (χ1v) is 10.00. The Labute approximate surface area is 155 Å². The number of aromatic nitrogens is 4. The molecule has 4 heterocycles. The summed E-state index contributed by atoms with van der Waals surface area (Å²) >= 11 is 0. The van der Waals surface area contributed by atoms with Crippen LogP contribution in [-0.4, -0.2) is 55.9 Å². The molecule has 2 aromatic heterocycles. The highest BCUT2D eigenvalue weighted by Crippen LogP contribution is 2.27. The summed E-state index contributed by atoms with van der Waals surface area (Å²) in [4.78, 5) is 4.94. The van der Waals surface area contributed by atoms with Crippen LogP contribution in [0.4, 0.5) is 0 Å². The third-order valence-electron chi connectivity index (χ3n) is 5.78. The second-order valence-corrected chi connectivity index (χ2v) is 7.73. The van der Waals surface area contributed by atoms with Crippen molar-refractivity contribution >= 4 is 0 Å². The van der Waals surface area contributed by atoms with Crippen LogP contribution in [0.1, 0.15) is 61.6 Å². The van der Waals surface area contributed by atoms with E-state index in [1.54, 1.807) is 0 Å². The van der Waals surface area contributed by atoms with Gasteiger partial charge in [-0.15, -0.1) is 10.2 Å². The summed E-state index contributed by atoms with van der Waals surface area (Å²) in [7, 11) is 2.13. The summed E-state index contributed by atoms with van der Waals surface area (Å²) in [5, 5.41) is 13.2. The van der Waals surface area contributed by atoms with Crippen molar-refractivity contribution in [1.82, 2.24) is 29.7 Å². The predicted molar refractivity (Wildman–Crippen MR) is 98.6 cm³/mol. The van der Waals surface area contributed by atoms with Crippen LogP contribution in [0.3, 0.4) is 0 Å². The fraction of sp³-hybridized carbons (Fsp3) is 0.737. The van der Waals surface area contributed by atoms with E-state index in [9.17, 15) is 0 Å². The normalized spacial score (nSPS) is 22.3. The monoisotopic (exact) mass is 358 g/mol. The minimum Gasteiger partial charge on any atom is -0.360 e. The standard InChI is InChI=1S/C19H30N6O/c1-3-16-11-17(26-22-16)13-25-10-6-7-15(12-25)19-21-20-18(23(19)2)14-24-8-4-5-9-24/h11,15H,3-10,12-14H2,1-2H3/t15-/m1/s1. The maximum Gasteiger partial charge on any atom is 0.150 e. The van der Waals surface area contributed by atoms with Gasteiger partial charge in [-0.25, -0.2) is 0 Å². The van der Waals surface area contributed by atoms with E-state index in [1.165, 1.54) is 38.8 Å². The van der Waals surface area contributed by atoms with Crippen LogP contribution in [0.15, 0.2) is 10.6 Å².